The van der Waals surface area contributed by atoms with Gasteiger partial charge in [-0.15, -0.1) is 11.3 Å². The van der Waals surface area contributed by atoms with Crippen LogP contribution in [-0.2, 0) is 0 Å². The summed E-state index contributed by atoms with van der Waals surface area (Å²) >= 11 is 1.26. The van der Waals surface area contributed by atoms with E-state index in [1.165, 1.54) is 11.3 Å². The maximum absolute atomic E-state index is 11.5. The summed E-state index contributed by atoms with van der Waals surface area (Å²) in [5.41, 5.74) is -0.260. The molecular weight excluding hydrogens is 204 g/mol. The highest BCUT2D eigenvalue weighted by Crippen LogP contribution is 2.21. The largest absolute Gasteiger partial charge is 0.355 e. The lowest BCUT2D eigenvalue weighted by Crippen LogP contribution is -2.07. The van der Waals surface area contributed by atoms with Crippen molar-refractivity contribution < 1.29 is 4.92 Å². The van der Waals surface area contributed by atoms with E-state index in [4.69, 9.17) is 0 Å². The number of pyridine rings is 1. The van der Waals surface area contributed by atoms with Crippen LogP contribution in [0, 0.1) is 17.0 Å². The first-order valence-electron chi connectivity index (χ1n) is 3.86. The lowest BCUT2D eigenvalue weighted by Gasteiger charge is -1.90. The number of nitrogens with zero attached hydrogens (tertiary/aromatic N) is 1. The Labute approximate surface area is 82.2 Å². The van der Waals surface area contributed by atoms with Crippen molar-refractivity contribution in [3.05, 3.63) is 37.5 Å². The number of nitrogens with one attached hydrogen (secondary N) is 1. The van der Waals surface area contributed by atoms with Gasteiger partial charge in [-0.05, 0) is 13.0 Å². The van der Waals surface area contributed by atoms with Gasteiger partial charge in [0.15, 0.2) is 0 Å². The van der Waals surface area contributed by atoms with Crippen molar-refractivity contribution in [2.24, 2.45) is 0 Å². The topological polar surface area (TPSA) is 76.0 Å². The average molecular weight is 210 g/mol. The van der Waals surface area contributed by atoms with Crippen molar-refractivity contribution in [1.29, 1.82) is 0 Å². The van der Waals surface area contributed by atoms with E-state index in [2.05, 4.69) is 4.98 Å². The second-order valence-corrected chi connectivity index (χ2v) is 4.12. The molecule has 0 spiro atoms. The van der Waals surface area contributed by atoms with E-state index >= 15 is 0 Å². The molecule has 0 bridgehead atoms. The Morgan fingerprint density at radius 2 is 2.29 bits per heavy atom. The number of aromatic amines is 1. The predicted molar refractivity (Wildman–Crippen MR) is 53.8 cm³/mol. The third-order valence-corrected chi connectivity index (χ3v) is 2.90. The fraction of sp³-hybridized carbons (Fsp3) is 0.125. The molecule has 2 heterocycles. The maximum atomic E-state index is 11.5. The van der Waals surface area contributed by atoms with Crippen molar-refractivity contribution in [2.45, 2.75) is 6.92 Å². The molecule has 0 aliphatic heterocycles. The summed E-state index contributed by atoms with van der Waals surface area (Å²) in [7, 11) is 0. The highest BCUT2D eigenvalue weighted by molar-refractivity contribution is 7.18. The smallest absolute Gasteiger partial charge is 0.333 e. The van der Waals surface area contributed by atoms with Crippen molar-refractivity contribution >= 4 is 27.2 Å². The number of thiophene rings is 1. The van der Waals surface area contributed by atoms with Crippen LogP contribution in [-0.4, -0.2) is 9.91 Å². The number of aromatic nitrogens is 1. The number of H-pyrrole nitrogens is 1. The second kappa shape index (κ2) is 2.91. The zero-order valence-corrected chi connectivity index (χ0v) is 8.05. The maximum Gasteiger partial charge on any atom is 0.333 e. The molecule has 0 atom stereocenters. The first-order valence-corrected chi connectivity index (χ1v) is 4.67. The van der Waals surface area contributed by atoms with Crippen LogP contribution in [0.15, 0.2) is 17.1 Å². The summed E-state index contributed by atoms with van der Waals surface area (Å²) in [5, 5.41) is 10.5. The third-order valence-electron chi connectivity index (χ3n) is 1.86. The Morgan fingerprint density at radius 1 is 1.57 bits per heavy atom. The number of rotatable bonds is 1. The molecule has 0 aliphatic rings. The quantitative estimate of drug-likeness (QED) is 0.576. The van der Waals surface area contributed by atoms with E-state index in [1.807, 2.05) is 6.92 Å². The minimum Gasteiger partial charge on any atom is -0.355 e. The molecule has 5 nitrogen and oxygen atoms in total. The molecule has 0 radical (unpaired) electrons. The van der Waals surface area contributed by atoms with Crippen molar-refractivity contribution in [3.63, 3.8) is 0 Å². The molecule has 0 aromatic carbocycles. The van der Waals surface area contributed by atoms with E-state index < -0.39 is 16.0 Å². The summed E-state index contributed by atoms with van der Waals surface area (Å²) in [6, 6.07) is 1.80. The molecule has 72 valence electrons. The molecule has 2 aromatic heterocycles. The summed E-state index contributed by atoms with van der Waals surface area (Å²) in [4.78, 5) is 25.0. The van der Waals surface area contributed by atoms with Crippen LogP contribution in [0.4, 0.5) is 5.69 Å². The molecule has 6 heteroatoms. The fourth-order valence-electron chi connectivity index (χ4n) is 1.25. The molecule has 0 saturated heterocycles. The van der Waals surface area contributed by atoms with Gasteiger partial charge in [-0.1, -0.05) is 0 Å². The molecule has 0 amide bonds. The monoisotopic (exact) mass is 210 g/mol. The van der Waals surface area contributed by atoms with Gasteiger partial charge in [-0.2, -0.15) is 0 Å². The second-order valence-electron chi connectivity index (χ2n) is 2.86. The Bertz CT molecular complexity index is 569. The fourth-order valence-corrected chi connectivity index (χ4v) is 2.18. The molecule has 1 N–H and O–H groups in total. The number of nitro groups is 1. The summed E-state index contributed by atoms with van der Waals surface area (Å²) in [5.74, 6) is 0. The van der Waals surface area contributed by atoms with E-state index in [1.54, 1.807) is 6.07 Å². The highest BCUT2D eigenvalue weighted by Gasteiger charge is 2.15. The van der Waals surface area contributed by atoms with Crippen LogP contribution in [0.5, 0.6) is 0 Å². The van der Waals surface area contributed by atoms with Gasteiger partial charge in [-0.25, -0.2) is 0 Å². The molecule has 0 saturated carbocycles. The number of hydrogen-bond donors (Lipinski definition) is 1. The Balaban J connectivity index is 2.88. The van der Waals surface area contributed by atoms with Gasteiger partial charge in [0.05, 0.1) is 16.6 Å². The van der Waals surface area contributed by atoms with Gasteiger partial charge in [0.1, 0.15) is 4.70 Å². The first kappa shape index (κ1) is 8.89. The van der Waals surface area contributed by atoms with Crippen molar-refractivity contribution in [3.8, 4) is 0 Å². The lowest BCUT2D eigenvalue weighted by molar-refractivity contribution is -0.386. The van der Waals surface area contributed by atoms with Gasteiger partial charge >= 0.3 is 5.69 Å². The van der Waals surface area contributed by atoms with Crippen LogP contribution in [0.1, 0.15) is 4.88 Å². The van der Waals surface area contributed by atoms with Crippen LogP contribution in [0.3, 0.4) is 0 Å². The summed E-state index contributed by atoms with van der Waals surface area (Å²) in [6.07, 6.45) is 1.14. The Kier molecular flexibility index (Phi) is 1.85. The number of aryl methyl sites for hydroxylation is 1. The zero-order valence-electron chi connectivity index (χ0n) is 7.23. The molecule has 0 unspecified atom stereocenters. The van der Waals surface area contributed by atoms with E-state index in [9.17, 15) is 14.9 Å². The van der Waals surface area contributed by atoms with Gasteiger partial charge in [-0.3, -0.25) is 14.9 Å². The van der Waals surface area contributed by atoms with Crippen LogP contribution >= 0.6 is 11.3 Å². The molecule has 2 aromatic rings. The van der Waals surface area contributed by atoms with Gasteiger partial charge < -0.3 is 4.98 Å². The normalized spacial score (nSPS) is 10.6. The molecule has 14 heavy (non-hydrogen) atoms. The van der Waals surface area contributed by atoms with Gasteiger partial charge in [0, 0.05) is 4.88 Å². The van der Waals surface area contributed by atoms with Crippen molar-refractivity contribution in [1.82, 2.24) is 4.98 Å². The van der Waals surface area contributed by atoms with E-state index in [0.717, 1.165) is 11.1 Å². The third kappa shape index (κ3) is 1.20. The van der Waals surface area contributed by atoms with Crippen LogP contribution in [0.25, 0.3) is 10.2 Å². The Morgan fingerprint density at radius 3 is 2.93 bits per heavy atom. The molecule has 0 aliphatic carbocycles. The molecule has 0 fully saturated rings. The van der Waals surface area contributed by atoms with Gasteiger partial charge in [0.2, 0.25) is 0 Å². The molecular formula is C8H6N2O3S. The van der Waals surface area contributed by atoms with Crippen LogP contribution in [0.2, 0.25) is 0 Å². The Hall–Kier alpha value is -1.69. The van der Waals surface area contributed by atoms with E-state index in [0.29, 0.717) is 10.2 Å². The highest BCUT2D eigenvalue weighted by atomic mass is 32.1. The number of fused-ring (bicyclic) bond motifs is 1. The first-order chi connectivity index (χ1) is 6.59. The number of hydrogen-bond acceptors (Lipinski definition) is 4. The summed E-state index contributed by atoms with van der Waals surface area (Å²) < 4.78 is 0.414. The molecule has 2 rings (SSSR count). The zero-order chi connectivity index (χ0) is 10.3. The van der Waals surface area contributed by atoms with E-state index in [-0.39, 0.29) is 0 Å². The lowest BCUT2D eigenvalue weighted by atomic mass is 10.3. The standard InChI is InChI=1S/C8H6N2O3S/c1-4-2-5-8(14-4)7(11)6(3-9-5)10(12)13/h2-3H,1H3,(H,9,11). The summed E-state index contributed by atoms with van der Waals surface area (Å²) in [6.45, 7) is 1.85. The van der Waals surface area contributed by atoms with Crippen LogP contribution < -0.4 is 5.43 Å². The predicted octanol–water partition coefficient (Wildman–Crippen LogP) is 1.81. The van der Waals surface area contributed by atoms with Gasteiger partial charge in [0.25, 0.3) is 5.43 Å². The van der Waals surface area contributed by atoms with Crippen molar-refractivity contribution in [2.75, 3.05) is 0 Å². The minimum atomic E-state index is -0.673. The minimum absolute atomic E-state index is 0.403. The average Bonchev–Trinajstić information content (AvgIpc) is 2.46. The SMILES string of the molecule is Cc1cc2[nH]cc([N+](=O)[O-])c(=O)c2s1.